The second-order valence-electron chi connectivity index (χ2n) is 6.78. The number of hydrogen-bond donors (Lipinski definition) is 1. The van der Waals surface area contributed by atoms with Crippen molar-refractivity contribution >= 4 is 0 Å². The van der Waals surface area contributed by atoms with E-state index < -0.39 is 0 Å². The molecule has 0 amide bonds. The fraction of sp³-hybridized carbons (Fsp3) is 0.526. The number of nitrogens with zero attached hydrogens (tertiary/aromatic N) is 4. The Hall–Kier alpha value is -1.69. The molecule has 1 aliphatic heterocycles. The quantitative estimate of drug-likeness (QED) is 0.821. The van der Waals surface area contributed by atoms with Gasteiger partial charge in [0, 0.05) is 63.6 Å². The molecule has 2 heterocycles. The molecule has 1 aromatic heterocycles. The van der Waals surface area contributed by atoms with Gasteiger partial charge >= 0.3 is 0 Å². The Labute approximate surface area is 145 Å². The summed E-state index contributed by atoms with van der Waals surface area (Å²) in [6.07, 6.45) is 1.96. The van der Waals surface area contributed by atoms with E-state index >= 15 is 0 Å². The first-order valence-electron chi connectivity index (χ1n) is 8.81. The minimum atomic E-state index is 0.492. The highest BCUT2D eigenvalue weighted by molar-refractivity contribution is 5.20. The van der Waals surface area contributed by atoms with Crippen molar-refractivity contribution in [2.24, 2.45) is 7.05 Å². The number of aromatic nitrogens is 2. The van der Waals surface area contributed by atoms with Gasteiger partial charge in [0.1, 0.15) is 0 Å². The van der Waals surface area contributed by atoms with Gasteiger partial charge < -0.3 is 10.2 Å². The summed E-state index contributed by atoms with van der Waals surface area (Å²) < 4.78 is 1.93. The Morgan fingerprint density at radius 2 is 1.96 bits per heavy atom. The van der Waals surface area contributed by atoms with Crippen molar-refractivity contribution in [3.8, 4) is 0 Å². The molecule has 1 N–H and O–H groups in total. The maximum atomic E-state index is 4.31. The van der Waals surface area contributed by atoms with Crippen LogP contribution in [0.1, 0.15) is 22.9 Å². The lowest BCUT2D eigenvalue weighted by Gasteiger charge is -2.40. The van der Waals surface area contributed by atoms with Gasteiger partial charge in [-0.15, -0.1) is 0 Å². The minimum absolute atomic E-state index is 0.492. The summed E-state index contributed by atoms with van der Waals surface area (Å²) in [5.41, 5.74) is 3.95. The van der Waals surface area contributed by atoms with E-state index in [1.54, 1.807) is 0 Å². The zero-order valence-corrected chi connectivity index (χ0v) is 15.1. The second kappa shape index (κ2) is 7.92. The summed E-state index contributed by atoms with van der Waals surface area (Å²) in [6, 6.07) is 11.4. The van der Waals surface area contributed by atoms with Gasteiger partial charge in [-0.3, -0.25) is 9.58 Å². The van der Waals surface area contributed by atoms with Crippen LogP contribution in [0.25, 0.3) is 0 Å². The fourth-order valence-corrected chi connectivity index (χ4v) is 3.38. The predicted octanol–water partition coefficient (Wildman–Crippen LogP) is 1.81. The number of hydrogen-bond acceptors (Lipinski definition) is 4. The zero-order chi connectivity index (χ0) is 16.9. The van der Waals surface area contributed by atoms with Gasteiger partial charge in [0.05, 0.1) is 6.20 Å². The molecule has 1 atom stereocenters. The molecule has 5 nitrogen and oxygen atoms in total. The monoisotopic (exact) mass is 327 g/mol. The topological polar surface area (TPSA) is 36.3 Å². The van der Waals surface area contributed by atoms with Crippen LogP contribution in [0.4, 0.5) is 0 Å². The van der Waals surface area contributed by atoms with Crippen molar-refractivity contribution < 1.29 is 0 Å². The molecule has 1 fully saturated rings. The molecular weight excluding hydrogens is 298 g/mol. The molecule has 1 saturated heterocycles. The minimum Gasteiger partial charge on any atom is -0.311 e. The van der Waals surface area contributed by atoms with Crippen molar-refractivity contribution in [1.29, 1.82) is 0 Å². The van der Waals surface area contributed by atoms with Crippen LogP contribution in [0.15, 0.2) is 36.5 Å². The third kappa shape index (κ3) is 4.04. The van der Waals surface area contributed by atoms with Crippen LogP contribution < -0.4 is 5.32 Å². The molecule has 0 spiro atoms. The fourth-order valence-electron chi connectivity index (χ4n) is 3.38. The van der Waals surface area contributed by atoms with Crippen LogP contribution >= 0.6 is 0 Å². The number of rotatable bonds is 6. The Bertz CT molecular complexity index is 636. The highest BCUT2D eigenvalue weighted by Crippen LogP contribution is 2.24. The van der Waals surface area contributed by atoms with Crippen LogP contribution in [0.3, 0.4) is 0 Å². The summed E-state index contributed by atoms with van der Waals surface area (Å²) in [4.78, 5) is 5.04. The van der Waals surface area contributed by atoms with Crippen molar-refractivity contribution in [3.63, 3.8) is 0 Å². The van der Waals surface area contributed by atoms with Gasteiger partial charge in [0.15, 0.2) is 0 Å². The van der Waals surface area contributed by atoms with Gasteiger partial charge in [-0.25, -0.2) is 0 Å². The summed E-state index contributed by atoms with van der Waals surface area (Å²) >= 11 is 0. The van der Waals surface area contributed by atoms with E-state index in [4.69, 9.17) is 0 Å². The van der Waals surface area contributed by atoms with Gasteiger partial charge in [-0.2, -0.15) is 5.10 Å². The van der Waals surface area contributed by atoms with E-state index in [1.807, 2.05) is 17.9 Å². The molecule has 1 aromatic carbocycles. The van der Waals surface area contributed by atoms with E-state index in [9.17, 15) is 0 Å². The van der Waals surface area contributed by atoms with Crippen LogP contribution in [-0.4, -0.2) is 59.4 Å². The molecule has 0 radical (unpaired) electrons. The summed E-state index contributed by atoms with van der Waals surface area (Å²) in [7, 11) is 4.21. The number of aryl methyl sites for hydroxylation is 1. The Morgan fingerprint density at radius 3 is 2.67 bits per heavy atom. The van der Waals surface area contributed by atoms with E-state index in [0.717, 1.165) is 39.3 Å². The number of piperazine rings is 1. The summed E-state index contributed by atoms with van der Waals surface area (Å²) in [5, 5.41) is 7.88. The zero-order valence-electron chi connectivity index (χ0n) is 15.1. The van der Waals surface area contributed by atoms with Crippen LogP contribution in [0, 0.1) is 6.92 Å². The molecular formula is C19H29N5. The smallest absolute Gasteiger partial charge is 0.0537 e. The third-order valence-corrected chi connectivity index (χ3v) is 5.11. The van der Waals surface area contributed by atoms with Crippen molar-refractivity contribution in [3.05, 3.63) is 53.3 Å². The normalized spacial score (nSPS) is 19.7. The first-order chi connectivity index (χ1) is 11.6. The molecule has 3 rings (SSSR count). The largest absolute Gasteiger partial charge is 0.311 e. The maximum Gasteiger partial charge on any atom is 0.0537 e. The van der Waals surface area contributed by atoms with Gasteiger partial charge in [-0.05, 0) is 19.5 Å². The first-order valence-corrected chi connectivity index (χ1v) is 8.81. The Kier molecular flexibility index (Phi) is 5.66. The number of nitrogens with one attached hydrogen (secondary N) is 1. The van der Waals surface area contributed by atoms with Gasteiger partial charge in [-0.1, -0.05) is 30.3 Å². The molecule has 0 saturated carbocycles. The molecule has 0 unspecified atom stereocenters. The van der Waals surface area contributed by atoms with E-state index in [2.05, 4.69) is 64.5 Å². The highest BCUT2D eigenvalue weighted by Gasteiger charge is 2.25. The van der Waals surface area contributed by atoms with Gasteiger partial charge in [0.2, 0.25) is 0 Å². The van der Waals surface area contributed by atoms with Crippen LogP contribution in [-0.2, 0) is 13.6 Å². The lowest BCUT2D eigenvalue weighted by atomic mass is 10.0. The van der Waals surface area contributed by atoms with Crippen molar-refractivity contribution in [2.75, 3.05) is 39.8 Å². The third-order valence-electron chi connectivity index (χ3n) is 5.11. The van der Waals surface area contributed by atoms with Crippen LogP contribution in [0.5, 0.6) is 0 Å². The molecule has 5 heteroatoms. The van der Waals surface area contributed by atoms with E-state index in [1.165, 1.54) is 16.8 Å². The lowest BCUT2D eigenvalue weighted by molar-refractivity contribution is 0.0906. The predicted molar refractivity (Wildman–Crippen MR) is 97.9 cm³/mol. The number of benzene rings is 1. The van der Waals surface area contributed by atoms with Gasteiger partial charge in [0.25, 0.3) is 0 Å². The standard InChI is InChI=1S/C19H29N5/c1-16-18(14-21-23(16)3)13-20-9-10-24-12-11-22(2)15-19(24)17-7-5-4-6-8-17/h4-8,14,19-20H,9-13,15H2,1-3H3/t19-/m0/s1. The number of likely N-dealkylation sites (N-methyl/N-ethyl adjacent to an activating group) is 1. The highest BCUT2D eigenvalue weighted by atomic mass is 15.3. The SMILES string of the molecule is Cc1c(CNCCN2CCN(C)C[C@H]2c2ccccc2)cnn1C. The Morgan fingerprint density at radius 1 is 1.17 bits per heavy atom. The Balaban J connectivity index is 1.53. The average Bonchev–Trinajstić information content (AvgIpc) is 2.92. The first kappa shape index (κ1) is 17.1. The molecule has 1 aliphatic rings. The van der Waals surface area contributed by atoms with Crippen molar-refractivity contribution in [1.82, 2.24) is 24.9 Å². The lowest BCUT2D eigenvalue weighted by Crippen LogP contribution is -2.48. The average molecular weight is 327 g/mol. The van der Waals surface area contributed by atoms with E-state index in [-0.39, 0.29) is 0 Å². The maximum absolute atomic E-state index is 4.31. The summed E-state index contributed by atoms with van der Waals surface area (Å²) in [5.74, 6) is 0. The molecule has 0 bridgehead atoms. The molecule has 24 heavy (non-hydrogen) atoms. The molecule has 130 valence electrons. The van der Waals surface area contributed by atoms with Crippen LogP contribution in [0.2, 0.25) is 0 Å². The molecule has 0 aliphatic carbocycles. The second-order valence-corrected chi connectivity index (χ2v) is 6.78. The van der Waals surface area contributed by atoms with E-state index in [0.29, 0.717) is 6.04 Å². The summed E-state index contributed by atoms with van der Waals surface area (Å²) in [6.45, 7) is 8.47. The van der Waals surface area contributed by atoms with Crippen molar-refractivity contribution in [2.45, 2.75) is 19.5 Å². The molecule has 2 aromatic rings.